The van der Waals surface area contributed by atoms with Crippen LogP contribution in [0, 0.1) is 5.82 Å². The van der Waals surface area contributed by atoms with Crippen molar-refractivity contribution in [3.8, 4) is 5.75 Å². The maximum absolute atomic E-state index is 13.1. The molecule has 0 spiro atoms. The number of amides is 1. The second-order valence-corrected chi connectivity index (χ2v) is 7.20. The van der Waals surface area contributed by atoms with Crippen molar-refractivity contribution in [2.24, 2.45) is 0 Å². The number of ether oxygens (including phenoxy) is 1. The first-order chi connectivity index (χ1) is 14.1. The van der Waals surface area contributed by atoms with E-state index in [1.807, 2.05) is 24.3 Å². The molecule has 2 heterocycles. The highest BCUT2D eigenvalue weighted by Crippen LogP contribution is 2.27. The largest absolute Gasteiger partial charge is 0.497 e. The third-order valence-corrected chi connectivity index (χ3v) is 5.14. The summed E-state index contributed by atoms with van der Waals surface area (Å²) in [6.45, 7) is 0.992. The Morgan fingerprint density at radius 3 is 2.55 bits per heavy atom. The molecule has 0 N–H and O–H groups in total. The number of benzene rings is 2. The molecule has 1 unspecified atom stereocenters. The van der Waals surface area contributed by atoms with Gasteiger partial charge in [-0.3, -0.25) is 4.79 Å². The Morgan fingerprint density at radius 2 is 1.83 bits per heavy atom. The van der Waals surface area contributed by atoms with Gasteiger partial charge < -0.3 is 14.2 Å². The Morgan fingerprint density at radius 1 is 1.10 bits per heavy atom. The van der Waals surface area contributed by atoms with Gasteiger partial charge in [0.05, 0.1) is 7.11 Å². The van der Waals surface area contributed by atoms with Crippen molar-refractivity contribution in [3.05, 3.63) is 77.2 Å². The van der Waals surface area contributed by atoms with Crippen LogP contribution in [-0.2, 0) is 24.2 Å². The van der Waals surface area contributed by atoms with Crippen LogP contribution in [-0.4, -0.2) is 34.6 Å². The highest BCUT2D eigenvalue weighted by Gasteiger charge is 2.33. The number of aryl methyl sites for hydroxylation is 2. The second-order valence-electron chi connectivity index (χ2n) is 7.20. The van der Waals surface area contributed by atoms with Gasteiger partial charge in [-0.1, -0.05) is 29.4 Å². The number of hydrogen-bond acceptors (Lipinski definition) is 5. The SMILES string of the molecule is COc1ccc(CCc2nc(C3CC(=O)N(Cc4ccc(F)cc4)C3)no2)cc1. The van der Waals surface area contributed by atoms with Crippen LogP contribution in [0.25, 0.3) is 0 Å². The van der Waals surface area contributed by atoms with E-state index in [-0.39, 0.29) is 17.6 Å². The highest BCUT2D eigenvalue weighted by molar-refractivity contribution is 5.79. The fraction of sp³-hybridized carbons (Fsp3) is 0.318. The number of likely N-dealkylation sites (tertiary alicyclic amines) is 1. The van der Waals surface area contributed by atoms with Gasteiger partial charge >= 0.3 is 0 Å². The van der Waals surface area contributed by atoms with E-state index in [0.29, 0.717) is 37.6 Å². The average molecular weight is 395 g/mol. The molecule has 4 rings (SSSR count). The molecule has 150 valence electrons. The summed E-state index contributed by atoms with van der Waals surface area (Å²) in [5.74, 6) is 1.65. The summed E-state index contributed by atoms with van der Waals surface area (Å²) in [7, 11) is 1.64. The van der Waals surface area contributed by atoms with Gasteiger partial charge in [0.15, 0.2) is 5.82 Å². The Balaban J connectivity index is 1.34. The van der Waals surface area contributed by atoms with Gasteiger partial charge in [0, 0.05) is 31.8 Å². The predicted molar refractivity (Wildman–Crippen MR) is 104 cm³/mol. The van der Waals surface area contributed by atoms with Gasteiger partial charge in [0.1, 0.15) is 11.6 Å². The van der Waals surface area contributed by atoms with Gasteiger partial charge in [-0.05, 0) is 41.8 Å². The normalized spacial score (nSPS) is 16.4. The molecule has 29 heavy (non-hydrogen) atoms. The first-order valence-electron chi connectivity index (χ1n) is 9.58. The molecular weight excluding hydrogens is 373 g/mol. The van der Waals surface area contributed by atoms with E-state index in [9.17, 15) is 9.18 Å². The molecule has 0 saturated carbocycles. The molecule has 6 nitrogen and oxygen atoms in total. The van der Waals surface area contributed by atoms with Crippen LogP contribution < -0.4 is 4.74 Å². The van der Waals surface area contributed by atoms with E-state index in [2.05, 4.69) is 10.1 Å². The van der Waals surface area contributed by atoms with Crippen LogP contribution >= 0.6 is 0 Å². The zero-order valence-electron chi connectivity index (χ0n) is 16.2. The van der Waals surface area contributed by atoms with Gasteiger partial charge in [-0.15, -0.1) is 0 Å². The maximum atomic E-state index is 13.1. The number of carbonyl (C=O) groups excluding carboxylic acids is 1. The predicted octanol–water partition coefficient (Wildman–Crippen LogP) is 3.52. The standard InChI is InChI=1S/C22H22FN3O3/c1-28-19-9-4-15(5-10-19)6-11-20-24-22(25-29-20)17-12-21(27)26(14-17)13-16-2-7-18(23)8-3-16/h2-5,7-10,17H,6,11-14H2,1H3. The van der Waals surface area contributed by atoms with Crippen LogP contribution in [0.15, 0.2) is 53.1 Å². The molecule has 0 radical (unpaired) electrons. The highest BCUT2D eigenvalue weighted by atomic mass is 19.1. The molecule has 0 aliphatic carbocycles. The van der Waals surface area contributed by atoms with Crippen molar-refractivity contribution in [2.75, 3.05) is 13.7 Å². The van der Waals surface area contributed by atoms with Crippen LogP contribution in [0.4, 0.5) is 4.39 Å². The molecule has 1 saturated heterocycles. The average Bonchev–Trinajstić information content (AvgIpc) is 3.35. The fourth-order valence-electron chi connectivity index (χ4n) is 3.49. The van der Waals surface area contributed by atoms with E-state index in [0.717, 1.165) is 23.3 Å². The summed E-state index contributed by atoms with van der Waals surface area (Å²) in [5.41, 5.74) is 2.06. The van der Waals surface area contributed by atoms with E-state index in [1.165, 1.54) is 12.1 Å². The van der Waals surface area contributed by atoms with Crippen LogP contribution in [0.5, 0.6) is 5.75 Å². The number of methoxy groups -OCH3 is 1. The Hall–Kier alpha value is -3.22. The topological polar surface area (TPSA) is 68.5 Å². The Labute approximate surface area is 168 Å². The molecule has 7 heteroatoms. The lowest BCUT2D eigenvalue weighted by Gasteiger charge is -2.16. The second kappa shape index (κ2) is 8.43. The number of halogens is 1. The summed E-state index contributed by atoms with van der Waals surface area (Å²) in [6.07, 6.45) is 1.78. The molecule has 1 aliphatic heterocycles. The third-order valence-electron chi connectivity index (χ3n) is 5.14. The van der Waals surface area contributed by atoms with Gasteiger partial charge in [0.25, 0.3) is 0 Å². The zero-order chi connectivity index (χ0) is 20.2. The molecule has 1 fully saturated rings. The van der Waals surface area contributed by atoms with E-state index < -0.39 is 0 Å². The van der Waals surface area contributed by atoms with Crippen LogP contribution in [0.1, 0.15) is 35.2 Å². The quantitative estimate of drug-likeness (QED) is 0.612. The molecule has 1 amide bonds. The first-order valence-corrected chi connectivity index (χ1v) is 9.58. The third kappa shape index (κ3) is 4.62. The summed E-state index contributed by atoms with van der Waals surface area (Å²) in [5, 5.41) is 4.09. The van der Waals surface area contributed by atoms with E-state index in [4.69, 9.17) is 9.26 Å². The number of aromatic nitrogens is 2. The van der Waals surface area contributed by atoms with Crippen molar-refractivity contribution in [3.63, 3.8) is 0 Å². The van der Waals surface area contributed by atoms with Gasteiger partial charge in [0.2, 0.25) is 11.8 Å². The molecule has 0 bridgehead atoms. The summed E-state index contributed by atoms with van der Waals surface area (Å²) < 4.78 is 23.6. The minimum absolute atomic E-state index is 0.0453. The number of nitrogens with zero attached hydrogens (tertiary/aromatic N) is 3. The minimum Gasteiger partial charge on any atom is -0.497 e. The molecule has 1 atom stereocenters. The van der Waals surface area contributed by atoms with Gasteiger partial charge in [-0.2, -0.15) is 4.98 Å². The lowest BCUT2D eigenvalue weighted by atomic mass is 10.1. The van der Waals surface area contributed by atoms with E-state index >= 15 is 0 Å². The van der Waals surface area contributed by atoms with Crippen molar-refractivity contribution in [1.82, 2.24) is 15.0 Å². The van der Waals surface area contributed by atoms with Crippen molar-refractivity contribution < 1.29 is 18.4 Å². The van der Waals surface area contributed by atoms with Crippen molar-refractivity contribution in [2.45, 2.75) is 31.7 Å². The maximum Gasteiger partial charge on any atom is 0.226 e. The summed E-state index contributed by atoms with van der Waals surface area (Å²) in [6, 6.07) is 14.1. The molecule has 2 aromatic carbocycles. The van der Waals surface area contributed by atoms with Crippen LogP contribution in [0.2, 0.25) is 0 Å². The number of rotatable bonds is 7. The fourth-order valence-corrected chi connectivity index (χ4v) is 3.49. The summed E-state index contributed by atoms with van der Waals surface area (Å²) >= 11 is 0. The number of hydrogen-bond donors (Lipinski definition) is 0. The summed E-state index contributed by atoms with van der Waals surface area (Å²) in [4.78, 5) is 18.6. The lowest BCUT2D eigenvalue weighted by Crippen LogP contribution is -2.24. The van der Waals surface area contributed by atoms with Crippen molar-refractivity contribution in [1.29, 1.82) is 0 Å². The smallest absolute Gasteiger partial charge is 0.226 e. The molecule has 1 aliphatic rings. The molecular formula is C22H22FN3O3. The Kier molecular flexibility index (Phi) is 5.55. The van der Waals surface area contributed by atoms with Crippen LogP contribution in [0.3, 0.4) is 0 Å². The monoisotopic (exact) mass is 395 g/mol. The molecule has 1 aromatic heterocycles. The van der Waals surface area contributed by atoms with Crippen molar-refractivity contribution >= 4 is 5.91 Å². The molecule has 3 aromatic rings. The Bertz CT molecular complexity index is 970. The zero-order valence-corrected chi connectivity index (χ0v) is 16.2. The first kappa shape index (κ1) is 19.1. The minimum atomic E-state index is -0.284. The lowest BCUT2D eigenvalue weighted by molar-refractivity contribution is -0.128. The van der Waals surface area contributed by atoms with E-state index in [1.54, 1.807) is 24.1 Å². The number of carbonyl (C=O) groups is 1. The van der Waals surface area contributed by atoms with Gasteiger partial charge in [-0.25, -0.2) is 4.39 Å².